The number of para-hydroxylation sites is 2. The summed E-state index contributed by atoms with van der Waals surface area (Å²) < 4.78 is 11.1. The van der Waals surface area contributed by atoms with Crippen molar-refractivity contribution in [2.75, 3.05) is 23.8 Å². The largest absolute Gasteiger partial charge is 0.493 e. The first-order valence-electron chi connectivity index (χ1n) is 11.0. The van der Waals surface area contributed by atoms with Crippen molar-refractivity contribution in [2.45, 2.75) is 39.0 Å². The average Bonchev–Trinajstić information content (AvgIpc) is 2.80. The molecular weight excluding hydrogens is 392 g/mol. The van der Waals surface area contributed by atoms with Crippen LogP contribution in [0.15, 0.2) is 57.7 Å². The number of fused-ring (bicyclic) bond motifs is 1. The number of amides is 1. The molecule has 0 bridgehead atoms. The lowest BCUT2D eigenvalue weighted by atomic mass is 9.89. The van der Waals surface area contributed by atoms with Crippen molar-refractivity contribution < 1.29 is 13.9 Å². The molecule has 0 saturated heterocycles. The number of benzene rings is 2. The van der Waals surface area contributed by atoms with Crippen LogP contribution >= 0.6 is 0 Å². The van der Waals surface area contributed by atoms with Gasteiger partial charge < -0.3 is 19.8 Å². The molecule has 1 aliphatic rings. The third-order valence-electron chi connectivity index (χ3n) is 5.78. The Kier molecular flexibility index (Phi) is 6.55. The molecule has 6 nitrogen and oxygen atoms in total. The Labute approximate surface area is 181 Å². The normalized spacial score (nSPS) is 14.4. The van der Waals surface area contributed by atoms with E-state index in [1.54, 1.807) is 24.3 Å². The molecule has 0 unspecified atom stereocenters. The SMILES string of the molecule is CCOc1ccccc1C(=O)Nc1c(NCC2CCCCC2)c2ccccc2oc1=O. The fourth-order valence-corrected chi connectivity index (χ4v) is 4.20. The summed E-state index contributed by atoms with van der Waals surface area (Å²) in [6, 6.07) is 14.4. The molecule has 3 aromatic rings. The van der Waals surface area contributed by atoms with Gasteiger partial charge in [0.15, 0.2) is 5.69 Å². The van der Waals surface area contributed by atoms with Gasteiger partial charge in [0.05, 0.1) is 17.9 Å². The van der Waals surface area contributed by atoms with E-state index in [9.17, 15) is 9.59 Å². The number of hydrogen-bond acceptors (Lipinski definition) is 5. The predicted octanol–water partition coefficient (Wildman–Crippen LogP) is 5.44. The van der Waals surface area contributed by atoms with E-state index in [4.69, 9.17) is 9.15 Å². The van der Waals surface area contributed by atoms with Crippen molar-refractivity contribution >= 4 is 28.3 Å². The molecule has 4 rings (SSSR count). The molecule has 1 amide bonds. The second kappa shape index (κ2) is 9.69. The third-order valence-corrected chi connectivity index (χ3v) is 5.78. The van der Waals surface area contributed by atoms with Crippen LogP contribution < -0.4 is 21.0 Å². The van der Waals surface area contributed by atoms with Crippen molar-refractivity contribution in [3.8, 4) is 5.75 Å². The highest BCUT2D eigenvalue weighted by Crippen LogP contribution is 2.31. The number of rotatable bonds is 7. The van der Waals surface area contributed by atoms with Crippen LogP contribution in [0.3, 0.4) is 0 Å². The van der Waals surface area contributed by atoms with Crippen LogP contribution in [0.1, 0.15) is 49.4 Å². The Morgan fingerprint density at radius 1 is 1.03 bits per heavy atom. The molecule has 1 heterocycles. The Hall–Kier alpha value is -3.28. The molecule has 1 saturated carbocycles. The van der Waals surface area contributed by atoms with Gasteiger partial charge in [-0.2, -0.15) is 0 Å². The molecule has 2 aromatic carbocycles. The average molecular weight is 421 g/mol. The van der Waals surface area contributed by atoms with Gasteiger partial charge in [-0.15, -0.1) is 0 Å². The molecular formula is C25H28N2O4. The highest BCUT2D eigenvalue weighted by Gasteiger charge is 2.21. The van der Waals surface area contributed by atoms with Crippen LogP contribution in [0.4, 0.5) is 11.4 Å². The van der Waals surface area contributed by atoms with Crippen molar-refractivity contribution in [3.63, 3.8) is 0 Å². The summed E-state index contributed by atoms with van der Waals surface area (Å²) in [6.45, 7) is 3.06. The molecule has 1 fully saturated rings. The number of carbonyl (C=O) groups excluding carboxylic acids is 1. The van der Waals surface area contributed by atoms with Crippen molar-refractivity contribution in [3.05, 3.63) is 64.5 Å². The summed E-state index contributed by atoms with van der Waals surface area (Å²) in [4.78, 5) is 25.9. The van der Waals surface area contributed by atoms with Crippen LogP contribution in [0.2, 0.25) is 0 Å². The molecule has 31 heavy (non-hydrogen) atoms. The molecule has 162 valence electrons. The molecule has 0 spiro atoms. The van der Waals surface area contributed by atoms with E-state index in [1.165, 1.54) is 32.1 Å². The van der Waals surface area contributed by atoms with Crippen molar-refractivity contribution in [2.24, 2.45) is 5.92 Å². The standard InChI is InChI=1S/C25H28N2O4/c1-2-30-20-14-8-7-13-19(20)24(28)27-23-22(26-16-17-10-4-3-5-11-17)18-12-6-9-15-21(18)31-25(23)29/h6-9,12-15,17,26H,2-5,10-11,16H2,1H3,(H,27,28). The molecule has 2 N–H and O–H groups in total. The van der Waals surface area contributed by atoms with Crippen LogP contribution in [-0.4, -0.2) is 19.1 Å². The van der Waals surface area contributed by atoms with E-state index in [1.807, 2.05) is 31.2 Å². The summed E-state index contributed by atoms with van der Waals surface area (Å²) in [7, 11) is 0. The van der Waals surface area contributed by atoms with Gasteiger partial charge in [-0.1, -0.05) is 43.5 Å². The lowest BCUT2D eigenvalue weighted by molar-refractivity contribution is 0.102. The quantitative estimate of drug-likeness (QED) is 0.498. The van der Waals surface area contributed by atoms with Gasteiger partial charge in [0.25, 0.3) is 5.91 Å². The van der Waals surface area contributed by atoms with Gasteiger partial charge in [0, 0.05) is 11.9 Å². The Morgan fingerprint density at radius 3 is 2.58 bits per heavy atom. The maximum absolute atomic E-state index is 13.1. The summed E-state index contributed by atoms with van der Waals surface area (Å²) in [5.74, 6) is 0.624. The van der Waals surface area contributed by atoms with E-state index in [0.29, 0.717) is 35.1 Å². The minimum Gasteiger partial charge on any atom is -0.493 e. The predicted molar refractivity (Wildman–Crippen MR) is 123 cm³/mol. The van der Waals surface area contributed by atoms with Gasteiger partial charge in [-0.3, -0.25) is 4.79 Å². The topological polar surface area (TPSA) is 80.6 Å². The van der Waals surface area contributed by atoms with Gasteiger partial charge in [-0.25, -0.2) is 4.79 Å². The monoisotopic (exact) mass is 420 g/mol. The lowest BCUT2D eigenvalue weighted by Gasteiger charge is -2.23. The summed E-state index contributed by atoms with van der Waals surface area (Å²) in [5.41, 5.74) is 1.03. The zero-order valence-electron chi connectivity index (χ0n) is 17.8. The van der Waals surface area contributed by atoms with Gasteiger partial charge in [0.1, 0.15) is 11.3 Å². The second-order valence-corrected chi connectivity index (χ2v) is 7.90. The first kappa shape index (κ1) is 21.0. The summed E-state index contributed by atoms with van der Waals surface area (Å²) >= 11 is 0. The van der Waals surface area contributed by atoms with Crippen molar-refractivity contribution in [1.82, 2.24) is 0 Å². The molecule has 0 aliphatic heterocycles. The molecule has 1 aliphatic carbocycles. The Balaban J connectivity index is 1.68. The first-order chi connectivity index (χ1) is 15.2. The highest BCUT2D eigenvalue weighted by atomic mass is 16.5. The maximum atomic E-state index is 13.1. The van der Waals surface area contributed by atoms with Crippen molar-refractivity contribution in [1.29, 1.82) is 0 Å². The summed E-state index contributed by atoms with van der Waals surface area (Å²) in [6.07, 6.45) is 6.12. The van der Waals surface area contributed by atoms with E-state index >= 15 is 0 Å². The minimum atomic E-state index is -0.577. The van der Waals surface area contributed by atoms with E-state index in [0.717, 1.165) is 11.9 Å². The number of ether oxygens (including phenoxy) is 1. The van der Waals surface area contributed by atoms with Crippen LogP contribution in [-0.2, 0) is 0 Å². The van der Waals surface area contributed by atoms with Gasteiger partial charge in [0.2, 0.25) is 0 Å². The minimum absolute atomic E-state index is 0.130. The van der Waals surface area contributed by atoms with Crippen LogP contribution in [0, 0.1) is 5.92 Å². The Bertz CT molecular complexity index is 1120. The summed E-state index contributed by atoms with van der Waals surface area (Å²) in [5, 5.41) is 7.01. The third kappa shape index (κ3) is 4.74. The fourth-order valence-electron chi connectivity index (χ4n) is 4.20. The molecule has 1 aromatic heterocycles. The molecule has 0 radical (unpaired) electrons. The first-order valence-corrected chi connectivity index (χ1v) is 11.0. The zero-order chi connectivity index (χ0) is 21.6. The smallest absolute Gasteiger partial charge is 0.362 e. The van der Waals surface area contributed by atoms with Crippen LogP contribution in [0.5, 0.6) is 5.75 Å². The maximum Gasteiger partial charge on any atom is 0.362 e. The number of hydrogen-bond donors (Lipinski definition) is 2. The zero-order valence-corrected chi connectivity index (χ0v) is 17.8. The number of nitrogens with one attached hydrogen (secondary N) is 2. The molecule has 0 atom stereocenters. The number of carbonyl (C=O) groups is 1. The van der Waals surface area contributed by atoms with Gasteiger partial charge in [-0.05, 0) is 49.9 Å². The number of anilines is 2. The van der Waals surface area contributed by atoms with E-state index in [2.05, 4.69) is 10.6 Å². The van der Waals surface area contributed by atoms with E-state index in [-0.39, 0.29) is 5.69 Å². The van der Waals surface area contributed by atoms with Crippen LogP contribution in [0.25, 0.3) is 11.0 Å². The fraction of sp³-hybridized carbons (Fsp3) is 0.360. The highest BCUT2D eigenvalue weighted by molar-refractivity contribution is 6.09. The second-order valence-electron chi connectivity index (χ2n) is 7.90. The van der Waals surface area contributed by atoms with Gasteiger partial charge >= 0.3 is 5.63 Å². The molecule has 6 heteroatoms. The Morgan fingerprint density at radius 2 is 1.77 bits per heavy atom. The van der Waals surface area contributed by atoms with E-state index < -0.39 is 11.5 Å². The lowest BCUT2D eigenvalue weighted by Crippen LogP contribution is -2.23.